The third-order valence-electron chi connectivity index (χ3n) is 2.98. The van der Waals surface area contributed by atoms with Gasteiger partial charge in [0.1, 0.15) is 5.75 Å². The molecule has 0 radical (unpaired) electrons. The SMILES string of the molecule is C[C@H](O)c1ccc(OCC(F)(F)c2ccccc2)cc1. The smallest absolute Gasteiger partial charge is 0.306 e. The number of benzene rings is 2. The maximum atomic E-state index is 13.9. The van der Waals surface area contributed by atoms with E-state index in [0.717, 1.165) is 0 Å². The summed E-state index contributed by atoms with van der Waals surface area (Å²) in [5.41, 5.74) is 0.646. The second-order valence-corrected chi connectivity index (χ2v) is 4.60. The summed E-state index contributed by atoms with van der Waals surface area (Å²) in [6.45, 7) is 0.921. The highest BCUT2D eigenvalue weighted by Gasteiger charge is 2.32. The van der Waals surface area contributed by atoms with Gasteiger partial charge in [0.25, 0.3) is 0 Å². The Morgan fingerprint density at radius 1 is 1.05 bits per heavy atom. The van der Waals surface area contributed by atoms with Crippen LogP contribution in [-0.2, 0) is 5.92 Å². The van der Waals surface area contributed by atoms with Crippen LogP contribution in [0.15, 0.2) is 54.6 Å². The van der Waals surface area contributed by atoms with E-state index in [1.807, 2.05) is 0 Å². The van der Waals surface area contributed by atoms with Crippen LogP contribution in [0, 0.1) is 0 Å². The van der Waals surface area contributed by atoms with E-state index in [0.29, 0.717) is 11.3 Å². The highest BCUT2D eigenvalue weighted by molar-refractivity contribution is 5.28. The van der Waals surface area contributed by atoms with Crippen molar-refractivity contribution in [3.05, 3.63) is 65.7 Å². The van der Waals surface area contributed by atoms with Crippen LogP contribution in [-0.4, -0.2) is 11.7 Å². The number of rotatable bonds is 5. The van der Waals surface area contributed by atoms with Gasteiger partial charge in [-0.3, -0.25) is 0 Å². The lowest BCUT2D eigenvalue weighted by Gasteiger charge is -2.17. The Bertz CT molecular complexity index is 536. The van der Waals surface area contributed by atoms with Gasteiger partial charge in [0, 0.05) is 5.56 Å². The molecule has 0 fully saturated rings. The van der Waals surface area contributed by atoms with Gasteiger partial charge in [-0.25, -0.2) is 0 Å². The molecule has 2 rings (SSSR count). The van der Waals surface area contributed by atoms with Crippen molar-refractivity contribution in [2.24, 2.45) is 0 Å². The molecule has 0 spiro atoms. The van der Waals surface area contributed by atoms with E-state index in [4.69, 9.17) is 4.74 Å². The first-order chi connectivity index (χ1) is 9.49. The maximum Gasteiger partial charge on any atom is 0.306 e. The zero-order valence-electron chi connectivity index (χ0n) is 11.1. The molecule has 2 nitrogen and oxygen atoms in total. The van der Waals surface area contributed by atoms with Crippen molar-refractivity contribution in [2.45, 2.75) is 19.0 Å². The summed E-state index contributed by atoms with van der Waals surface area (Å²) in [4.78, 5) is 0. The molecule has 106 valence electrons. The quantitative estimate of drug-likeness (QED) is 0.898. The van der Waals surface area contributed by atoms with E-state index in [2.05, 4.69) is 0 Å². The predicted octanol–water partition coefficient (Wildman–Crippen LogP) is 3.91. The molecule has 0 amide bonds. The molecule has 1 atom stereocenters. The molecule has 20 heavy (non-hydrogen) atoms. The fraction of sp³-hybridized carbons (Fsp3) is 0.250. The van der Waals surface area contributed by atoms with Gasteiger partial charge in [-0.15, -0.1) is 0 Å². The van der Waals surface area contributed by atoms with Gasteiger partial charge in [-0.05, 0) is 24.6 Å². The largest absolute Gasteiger partial charge is 0.487 e. The second-order valence-electron chi connectivity index (χ2n) is 4.60. The first-order valence-electron chi connectivity index (χ1n) is 6.33. The summed E-state index contributed by atoms with van der Waals surface area (Å²) in [7, 11) is 0. The fourth-order valence-electron chi connectivity index (χ4n) is 1.78. The molecule has 1 N–H and O–H groups in total. The molecule has 0 saturated carbocycles. The Balaban J connectivity index is 2.01. The molecule has 0 aliphatic heterocycles. The third-order valence-corrected chi connectivity index (χ3v) is 2.98. The van der Waals surface area contributed by atoms with Gasteiger partial charge in [-0.1, -0.05) is 42.5 Å². The first-order valence-corrected chi connectivity index (χ1v) is 6.33. The van der Waals surface area contributed by atoms with Crippen molar-refractivity contribution in [2.75, 3.05) is 6.61 Å². The summed E-state index contributed by atoms with van der Waals surface area (Å²) >= 11 is 0. The van der Waals surface area contributed by atoms with Crippen LogP contribution in [0.1, 0.15) is 24.2 Å². The molecule has 0 unspecified atom stereocenters. The molecule has 0 bridgehead atoms. The van der Waals surface area contributed by atoms with Crippen LogP contribution in [0.4, 0.5) is 8.78 Å². The molecule has 2 aromatic carbocycles. The summed E-state index contributed by atoms with van der Waals surface area (Å²) in [6, 6.07) is 14.0. The average Bonchev–Trinajstić information content (AvgIpc) is 2.46. The van der Waals surface area contributed by atoms with Crippen molar-refractivity contribution >= 4 is 0 Å². The molecule has 0 heterocycles. The summed E-state index contributed by atoms with van der Waals surface area (Å²) in [5, 5.41) is 9.36. The highest BCUT2D eigenvalue weighted by atomic mass is 19.3. The molecule has 4 heteroatoms. The van der Waals surface area contributed by atoms with E-state index in [1.54, 1.807) is 49.4 Å². The zero-order chi connectivity index (χ0) is 14.6. The number of alkyl halides is 2. The Morgan fingerprint density at radius 2 is 1.65 bits per heavy atom. The average molecular weight is 278 g/mol. The van der Waals surface area contributed by atoms with Crippen molar-refractivity contribution in [3.63, 3.8) is 0 Å². The topological polar surface area (TPSA) is 29.5 Å². The standard InChI is InChI=1S/C16H16F2O2/c1-12(19)13-7-9-15(10-8-13)20-11-16(17,18)14-5-3-2-4-6-14/h2-10,12,19H,11H2,1H3/t12-/m0/s1. The van der Waals surface area contributed by atoms with E-state index in [-0.39, 0.29) is 5.56 Å². The summed E-state index contributed by atoms with van der Waals surface area (Å²) in [5.74, 6) is -2.69. The monoisotopic (exact) mass is 278 g/mol. The Morgan fingerprint density at radius 3 is 2.20 bits per heavy atom. The van der Waals surface area contributed by atoms with Crippen LogP contribution in [0.2, 0.25) is 0 Å². The van der Waals surface area contributed by atoms with Crippen molar-refractivity contribution in [3.8, 4) is 5.75 Å². The van der Waals surface area contributed by atoms with E-state index in [1.165, 1.54) is 12.1 Å². The van der Waals surface area contributed by atoms with E-state index < -0.39 is 18.6 Å². The first kappa shape index (κ1) is 14.5. The van der Waals surface area contributed by atoms with E-state index in [9.17, 15) is 13.9 Å². The number of hydrogen-bond acceptors (Lipinski definition) is 2. The number of hydrogen-bond donors (Lipinski definition) is 1. The molecule has 0 saturated heterocycles. The third kappa shape index (κ3) is 3.54. The van der Waals surface area contributed by atoms with Gasteiger partial charge in [0.05, 0.1) is 6.10 Å². The van der Waals surface area contributed by atoms with Gasteiger partial charge >= 0.3 is 5.92 Å². The van der Waals surface area contributed by atoms with Gasteiger partial charge in [-0.2, -0.15) is 8.78 Å². The predicted molar refractivity (Wildman–Crippen MR) is 72.9 cm³/mol. The minimum absolute atomic E-state index is 0.0689. The van der Waals surface area contributed by atoms with Crippen molar-refractivity contribution in [1.82, 2.24) is 0 Å². The molecular formula is C16H16F2O2. The van der Waals surface area contributed by atoms with Gasteiger partial charge in [0.15, 0.2) is 6.61 Å². The van der Waals surface area contributed by atoms with Crippen LogP contribution in [0.3, 0.4) is 0 Å². The lowest BCUT2D eigenvalue weighted by atomic mass is 10.1. The number of halogens is 2. The van der Waals surface area contributed by atoms with Crippen LogP contribution in [0.25, 0.3) is 0 Å². The highest BCUT2D eigenvalue weighted by Crippen LogP contribution is 2.29. The Hall–Kier alpha value is -1.94. The Kier molecular flexibility index (Phi) is 4.35. The number of ether oxygens (including phenoxy) is 1. The van der Waals surface area contributed by atoms with Crippen LogP contribution >= 0.6 is 0 Å². The minimum atomic E-state index is -3.04. The van der Waals surface area contributed by atoms with Crippen LogP contribution < -0.4 is 4.74 Å². The Labute approximate surface area is 116 Å². The molecule has 0 aromatic heterocycles. The van der Waals surface area contributed by atoms with Gasteiger partial charge in [0.2, 0.25) is 0 Å². The number of aliphatic hydroxyl groups excluding tert-OH is 1. The van der Waals surface area contributed by atoms with E-state index >= 15 is 0 Å². The fourth-order valence-corrected chi connectivity index (χ4v) is 1.78. The molecule has 2 aromatic rings. The normalized spacial score (nSPS) is 13.0. The van der Waals surface area contributed by atoms with Crippen LogP contribution in [0.5, 0.6) is 5.75 Å². The zero-order valence-corrected chi connectivity index (χ0v) is 11.1. The lowest BCUT2D eigenvalue weighted by Crippen LogP contribution is -2.23. The lowest BCUT2D eigenvalue weighted by molar-refractivity contribution is -0.0467. The molecule has 0 aliphatic carbocycles. The summed E-state index contributed by atoms with van der Waals surface area (Å²) < 4.78 is 32.9. The summed E-state index contributed by atoms with van der Waals surface area (Å²) in [6.07, 6.45) is -0.588. The maximum absolute atomic E-state index is 13.9. The molecular weight excluding hydrogens is 262 g/mol. The van der Waals surface area contributed by atoms with Gasteiger partial charge < -0.3 is 9.84 Å². The minimum Gasteiger partial charge on any atom is -0.487 e. The van der Waals surface area contributed by atoms with Crippen molar-refractivity contribution < 1.29 is 18.6 Å². The number of aliphatic hydroxyl groups is 1. The molecule has 0 aliphatic rings. The second kappa shape index (κ2) is 6.01. The van der Waals surface area contributed by atoms with Crippen molar-refractivity contribution in [1.29, 1.82) is 0 Å².